The van der Waals surface area contributed by atoms with E-state index in [1.54, 1.807) is 14.0 Å². The van der Waals surface area contributed by atoms with Gasteiger partial charge in [-0.1, -0.05) is 46.3 Å². The Bertz CT molecular complexity index is 852. The van der Waals surface area contributed by atoms with E-state index in [0.717, 1.165) is 15.6 Å². The van der Waals surface area contributed by atoms with Crippen molar-refractivity contribution in [2.24, 2.45) is 10.9 Å². The fourth-order valence-corrected chi connectivity index (χ4v) is 3.68. The van der Waals surface area contributed by atoms with E-state index < -0.39 is 5.92 Å². The van der Waals surface area contributed by atoms with Gasteiger partial charge in [-0.15, -0.1) is 0 Å². The van der Waals surface area contributed by atoms with Crippen LogP contribution in [0.25, 0.3) is 0 Å². The highest BCUT2D eigenvalue weighted by atomic mass is 79.9. The minimum atomic E-state index is -0.461. The Morgan fingerprint density at radius 3 is 2.60 bits per heavy atom. The summed E-state index contributed by atoms with van der Waals surface area (Å²) in [6, 6.07) is 15.0. The van der Waals surface area contributed by atoms with Gasteiger partial charge in [0.05, 0.1) is 24.8 Å². The fraction of sp³-hybridized carbons (Fsp3) is 0.211. The molecule has 128 valence electrons. The number of hydrogen-bond donors (Lipinski definition) is 1. The van der Waals surface area contributed by atoms with Crippen molar-refractivity contribution in [2.45, 2.75) is 13.0 Å². The van der Waals surface area contributed by atoms with Crippen LogP contribution in [0.2, 0.25) is 0 Å². The molecule has 2 aromatic carbocycles. The normalized spacial score (nSPS) is 19.8. The first-order valence-corrected chi connectivity index (χ1v) is 8.99. The van der Waals surface area contributed by atoms with Gasteiger partial charge >= 0.3 is 0 Å². The first-order valence-electron chi connectivity index (χ1n) is 7.79. The van der Waals surface area contributed by atoms with Gasteiger partial charge in [-0.05, 0) is 42.9 Å². The van der Waals surface area contributed by atoms with E-state index in [1.165, 1.54) is 0 Å². The van der Waals surface area contributed by atoms with Crippen LogP contribution in [0.3, 0.4) is 0 Å². The molecule has 3 rings (SSSR count). The van der Waals surface area contributed by atoms with Gasteiger partial charge in [0.25, 0.3) is 0 Å². The number of thiocarbonyl (C=S) groups is 1. The zero-order chi connectivity index (χ0) is 18.0. The van der Waals surface area contributed by atoms with Crippen LogP contribution >= 0.6 is 28.1 Å². The fourth-order valence-electron chi connectivity index (χ4n) is 3.07. The second kappa shape index (κ2) is 7.45. The van der Waals surface area contributed by atoms with Crippen LogP contribution in [-0.4, -0.2) is 23.7 Å². The van der Waals surface area contributed by atoms with Gasteiger partial charge in [-0.25, -0.2) is 4.99 Å². The van der Waals surface area contributed by atoms with Gasteiger partial charge < -0.3 is 10.1 Å². The highest BCUT2D eigenvalue weighted by Crippen LogP contribution is 2.36. The number of ketones is 1. The van der Waals surface area contributed by atoms with Crippen LogP contribution in [0.15, 0.2) is 58.0 Å². The lowest BCUT2D eigenvalue weighted by Crippen LogP contribution is -2.44. The van der Waals surface area contributed by atoms with Gasteiger partial charge in [0.2, 0.25) is 0 Å². The molecular formula is C19H17BrN2O2S. The number of halogens is 1. The minimum absolute atomic E-state index is 0.0182. The summed E-state index contributed by atoms with van der Waals surface area (Å²) < 4.78 is 6.41. The summed E-state index contributed by atoms with van der Waals surface area (Å²) in [5.41, 5.74) is 2.44. The number of benzene rings is 2. The third-order valence-corrected chi connectivity index (χ3v) is 4.87. The van der Waals surface area contributed by atoms with Crippen molar-refractivity contribution < 1.29 is 9.53 Å². The van der Waals surface area contributed by atoms with Gasteiger partial charge in [0.1, 0.15) is 11.5 Å². The van der Waals surface area contributed by atoms with Crippen molar-refractivity contribution in [3.05, 3.63) is 64.1 Å². The molecule has 0 aromatic heterocycles. The van der Waals surface area contributed by atoms with E-state index in [9.17, 15) is 4.79 Å². The molecule has 0 saturated heterocycles. The number of hydrogen-bond acceptors (Lipinski definition) is 3. The number of rotatable bonds is 4. The summed E-state index contributed by atoms with van der Waals surface area (Å²) in [6.07, 6.45) is 0. The molecule has 2 atom stereocenters. The molecule has 4 nitrogen and oxygen atoms in total. The Labute approximate surface area is 160 Å². The molecule has 0 aliphatic carbocycles. The molecule has 1 aliphatic heterocycles. The first kappa shape index (κ1) is 17.8. The largest absolute Gasteiger partial charge is 0.496 e. The van der Waals surface area contributed by atoms with Gasteiger partial charge in [-0.3, -0.25) is 4.79 Å². The SMILES string of the molecule is COc1ccc(Br)cc1C1NC(=S)N=C(c2ccccc2)C1C(C)=O. The molecule has 1 N–H and O–H groups in total. The molecular weight excluding hydrogens is 400 g/mol. The average molecular weight is 417 g/mol. The maximum Gasteiger partial charge on any atom is 0.193 e. The summed E-state index contributed by atoms with van der Waals surface area (Å²) in [5, 5.41) is 3.55. The van der Waals surface area contributed by atoms with Crippen molar-refractivity contribution in [1.82, 2.24) is 5.32 Å². The van der Waals surface area contributed by atoms with Crippen molar-refractivity contribution in [3.63, 3.8) is 0 Å². The Kier molecular flexibility index (Phi) is 5.30. The molecule has 1 heterocycles. The van der Waals surface area contributed by atoms with Crippen molar-refractivity contribution in [2.75, 3.05) is 7.11 Å². The van der Waals surface area contributed by atoms with Crippen LogP contribution < -0.4 is 10.1 Å². The standard InChI is InChI=1S/C19H17BrN2O2S/c1-11(23)16-17(12-6-4-3-5-7-12)21-19(25)22-18(16)14-10-13(20)8-9-15(14)24-2/h3-10,16,18H,1-2H3,(H,22,25). The number of carbonyl (C=O) groups excluding carboxylic acids is 1. The minimum Gasteiger partial charge on any atom is -0.496 e. The highest BCUT2D eigenvalue weighted by molar-refractivity contribution is 9.10. The Morgan fingerprint density at radius 1 is 1.24 bits per heavy atom. The Morgan fingerprint density at radius 2 is 1.96 bits per heavy atom. The number of ether oxygens (including phenoxy) is 1. The van der Waals surface area contributed by atoms with Crippen molar-refractivity contribution >= 4 is 44.8 Å². The molecule has 25 heavy (non-hydrogen) atoms. The molecule has 2 unspecified atom stereocenters. The monoisotopic (exact) mass is 416 g/mol. The van der Waals surface area contributed by atoms with Crippen molar-refractivity contribution in [3.8, 4) is 5.75 Å². The van der Waals surface area contributed by atoms with E-state index >= 15 is 0 Å². The number of nitrogens with zero attached hydrogens (tertiary/aromatic N) is 1. The molecule has 0 fully saturated rings. The molecule has 0 radical (unpaired) electrons. The van der Waals surface area contributed by atoms with Crippen LogP contribution in [-0.2, 0) is 4.79 Å². The summed E-state index contributed by atoms with van der Waals surface area (Å²) in [7, 11) is 1.61. The maximum atomic E-state index is 12.5. The predicted octanol–water partition coefficient (Wildman–Crippen LogP) is 4.08. The van der Waals surface area contributed by atoms with Gasteiger partial charge in [-0.2, -0.15) is 0 Å². The van der Waals surface area contributed by atoms with Gasteiger partial charge in [0.15, 0.2) is 5.11 Å². The highest BCUT2D eigenvalue weighted by Gasteiger charge is 2.37. The molecule has 0 bridgehead atoms. The van der Waals surface area contributed by atoms with Gasteiger partial charge in [0, 0.05) is 10.0 Å². The second-order valence-corrected chi connectivity index (χ2v) is 7.07. The molecule has 0 spiro atoms. The number of methoxy groups -OCH3 is 1. The topological polar surface area (TPSA) is 50.7 Å². The molecule has 6 heteroatoms. The number of carbonyl (C=O) groups is 1. The summed E-state index contributed by atoms with van der Waals surface area (Å²) in [6.45, 7) is 1.58. The smallest absolute Gasteiger partial charge is 0.193 e. The zero-order valence-electron chi connectivity index (χ0n) is 13.8. The second-order valence-electron chi connectivity index (χ2n) is 5.76. The van der Waals surface area contributed by atoms with Crippen LogP contribution in [0, 0.1) is 5.92 Å². The van der Waals surface area contributed by atoms with E-state index in [2.05, 4.69) is 26.2 Å². The molecule has 1 aliphatic rings. The lowest BCUT2D eigenvalue weighted by molar-refractivity contribution is -0.119. The summed E-state index contributed by atoms with van der Waals surface area (Å²) >= 11 is 8.84. The molecule has 0 amide bonds. The quantitative estimate of drug-likeness (QED) is 0.762. The van der Waals surface area contributed by atoms with E-state index in [0.29, 0.717) is 16.6 Å². The number of aliphatic imine (C=N–C) groups is 1. The maximum absolute atomic E-state index is 12.5. The lowest BCUT2D eigenvalue weighted by Gasteiger charge is -2.33. The Hall–Kier alpha value is -2.05. The Balaban J connectivity index is 2.15. The lowest BCUT2D eigenvalue weighted by atomic mass is 9.82. The zero-order valence-corrected chi connectivity index (χ0v) is 16.2. The van der Waals surface area contributed by atoms with E-state index in [-0.39, 0.29) is 11.8 Å². The number of Topliss-reactive ketones (excluding diaryl/α,β-unsaturated/α-hetero) is 1. The van der Waals surface area contributed by atoms with E-state index in [4.69, 9.17) is 17.0 Å². The summed E-state index contributed by atoms with van der Waals surface area (Å²) in [5.74, 6) is 0.256. The first-order chi connectivity index (χ1) is 12.0. The third kappa shape index (κ3) is 3.65. The molecule has 2 aromatic rings. The van der Waals surface area contributed by atoms with Crippen LogP contribution in [0.5, 0.6) is 5.75 Å². The third-order valence-electron chi connectivity index (χ3n) is 4.16. The average Bonchev–Trinajstić information content (AvgIpc) is 2.61. The van der Waals surface area contributed by atoms with Crippen LogP contribution in [0.1, 0.15) is 24.1 Å². The number of nitrogens with one attached hydrogen (secondary N) is 1. The van der Waals surface area contributed by atoms with Crippen LogP contribution in [0.4, 0.5) is 0 Å². The summed E-state index contributed by atoms with van der Waals surface area (Å²) in [4.78, 5) is 17.0. The van der Waals surface area contributed by atoms with Crippen molar-refractivity contribution in [1.29, 1.82) is 0 Å². The van der Waals surface area contributed by atoms with E-state index in [1.807, 2.05) is 48.5 Å². The predicted molar refractivity (Wildman–Crippen MR) is 106 cm³/mol. The molecule has 0 saturated carbocycles.